The number of carbonyl (C=O) groups excluding carboxylic acids is 1. The van der Waals surface area contributed by atoms with Gasteiger partial charge in [-0.2, -0.15) is 0 Å². The summed E-state index contributed by atoms with van der Waals surface area (Å²) in [4.78, 5) is 28.1. The van der Waals surface area contributed by atoms with E-state index in [9.17, 15) is 9.59 Å². The van der Waals surface area contributed by atoms with Crippen LogP contribution in [-0.4, -0.2) is 42.0 Å². The van der Waals surface area contributed by atoms with Gasteiger partial charge in [-0.3, -0.25) is 9.59 Å². The molecule has 0 bridgehead atoms. The van der Waals surface area contributed by atoms with Crippen molar-refractivity contribution in [3.63, 3.8) is 0 Å². The second-order valence-corrected chi connectivity index (χ2v) is 7.34. The quantitative estimate of drug-likeness (QED) is 0.721. The molecule has 0 spiro atoms. The molecule has 130 valence electrons. The maximum atomic E-state index is 11.7. The van der Waals surface area contributed by atoms with Gasteiger partial charge in [0.1, 0.15) is 0 Å². The summed E-state index contributed by atoms with van der Waals surface area (Å²) < 4.78 is 1.08. The monoisotopic (exact) mass is 347 g/mol. The predicted octanol–water partition coefficient (Wildman–Crippen LogP) is 2.51. The standard InChI is InChI=1S/C18H25N3O2S/c22-16-8-1-3-12-21(16)13-4-2-10-19-11-9-14-6-5-7-15-17(14)24-18(23)20-15/h5-7,19H,1-4,8-13H2,(H,20,23). The van der Waals surface area contributed by atoms with E-state index in [1.54, 1.807) is 0 Å². The number of amides is 1. The van der Waals surface area contributed by atoms with E-state index >= 15 is 0 Å². The van der Waals surface area contributed by atoms with Crippen molar-refractivity contribution in [1.29, 1.82) is 0 Å². The molecule has 0 saturated carbocycles. The Hall–Kier alpha value is -1.66. The van der Waals surface area contributed by atoms with Gasteiger partial charge in [0.25, 0.3) is 0 Å². The molecule has 1 aromatic carbocycles. The van der Waals surface area contributed by atoms with E-state index in [1.807, 2.05) is 17.0 Å². The lowest BCUT2D eigenvalue weighted by molar-refractivity contribution is -0.133. The van der Waals surface area contributed by atoms with E-state index in [1.165, 1.54) is 16.9 Å². The highest BCUT2D eigenvalue weighted by Crippen LogP contribution is 2.19. The molecule has 1 amide bonds. The first-order valence-electron chi connectivity index (χ1n) is 8.83. The number of H-pyrrole nitrogens is 1. The summed E-state index contributed by atoms with van der Waals surface area (Å²) in [5.41, 5.74) is 2.16. The van der Waals surface area contributed by atoms with Gasteiger partial charge >= 0.3 is 4.87 Å². The van der Waals surface area contributed by atoms with E-state index in [4.69, 9.17) is 0 Å². The fourth-order valence-electron chi connectivity index (χ4n) is 3.23. The smallest absolute Gasteiger partial charge is 0.305 e. The number of nitrogens with zero attached hydrogens (tertiary/aromatic N) is 1. The van der Waals surface area contributed by atoms with Crippen LogP contribution < -0.4 is 10.2 Å². The van der Waals surface area contributed by atoms with Crippen molar-refractivity contribution in [2.45, 2.75) is 38.5 Å². The minimum absolute atomic E-state index is 0.0117. The third-order valence-corrected chi connectivity index (χ3v) is 5.53. The molecule has 2 heterocycles. The number of likely N-dealkylation sites (tertiary alicyclic amines) is 1. The van der Waals surface area contributed by atoms with Crippen LogP contribution in [0.2, 0.25) is 0 Å². The summed E-state index contributed by atoms with van der Waals surface area (Å²) in [7, 11) is 0. The number of benzene rings is 1. The zero-order chi connectivity index (χ0) is 16.8. The first kappa shape index (κ1) is 17.2. The molecule has 0 aliphatic carbocycles. The lowest BCUT2D eigenvalue weighted by Gasteiger charge is -2.26. The van der Waals surface area contributed by atoms with Crippen molar-refractivity contribution in [3.8, 4) is 0 Å². The molecule has 0 atom stereocenters. The van der Waals surface area contributed by atoms with Crippen LogP contribution in [0.5, 0.6) is 0 Å². The molecule has 1 aliphatic rings. The molecule has 5 nitrogen and oxygen atoms in total. The SMILES string of the molecule is O=C1CCCCN1CCCCNCCc1cccc2[nH]c(=O)sc12. The number of nitrogens with one attached hydrogen (secondary N) is 2. The van der Waals surface area contributed by atoms with Crippen LogP contribution >= 0.6 is 11.3 Å². The molecular formula is C18H25N3O2S. The summed E-state index contributed by atoms with van der Waals surface area (Å²) in [6, 6.07) is 6.04. The molecular weight excluding hydrogens is 322 g/mol. The lowest BCUT2D eigenvalue weighted by atomic mass is 10.1. The Morgan fingerprint density at radius 1 is 1.17 bits per heavy atom. The second-order valence-electron chi connectivity index (χ2n) is 6.35. The Morgan fingerprint density at radius 3 is 2.96 bits per heavy atom. The van der Waals surface area contributed by atoms with Crippen LogP contribution in [0, 0.1) is 0 Å². The highest BCUT2D eigenvalue weighted by Gasteiger charge is 2.16. The van der Waals surface area contributed by atoms with Gasteiger partial charge in [-0.25, -0.2) is 0 Å². The maximum Gasteiger partial charge on any atom is 0.305 e. The first-order chi connectivity index (χ1) is 11.7. The van der Waals surface area contributed by atoms with Gasteiger partial charge in [0, 0.05) is 19.5 Å². The molecule has 1 aliphatic heterocycles. The minimum atomic E-state index is 0.0117. The third-order valence-electron chi connectivity index (χ3n) is 4.55. The fourth-order valence-corrected chi connectivity index (χ4v) is 4.10. The molecule has 3 rings (SSSR count). The molecule has 1 aromatic heterocycles. The Labute approximate surface area is 146 Å². The van der Waals surface area contributed by atoms with Crippen molar-refractivity contribution in [3.05, 3.63) is 33.4 Å². The number of carbonyl (C=O) groups is 1. The Bertz CT molecular complexity index is 737. The van der Waals surface area contributed by atoms with Crippen molar-refractivity contribution < 1.29 is 4.79 Å². The number of unbranched alkanes of at least 4 members (excludes halogenated alkanes) is 1. The molecule has 2 aromatic rings. The van der Waals surface area contributed by atoms with E-state index in [-0.39, 0.29) is 4.87 Å². The molecule has 2 N–H and O–H groups in total. The average molecular weight is 347 g/mol. The zero-order valence-electron chi connectivity index (χ0n) is 14.0. The Morgan fingerprint density at radius 2 is 2.08 bits per heavy atom. The molecule has 0 unspecified atom stereocenters. The minimum Gasteiger partial charge on any atom is -0.343 e. The zero-order valence-corrected chi connectivity index (χ0v) is 14.8. The molecule has 1 saturated heterocycles. The van der Waals surface area contributed by atoms with E-state index in [0.29, 0.717) is 5.91 Å². The van der Waals surface area contributed by atoms with Gasteiger partial charge in [0.15, 0.2) is 0 Å². The number of fused-ring (bicyclic) bond motifs is 1. The van der Waals surface area contributed by atoms with Crippen LogP contribution in [0.1, 0.15) is 37.7 Å². The summed E-state index contributed by atoms with van der Waals surface area (Å²) in [6.45, 7) is 3.72. The number of hydrogen-bond acceptors (Lipinski definition) is 4. The second kappa shape index (κ2) is 8.44. The average Bonchev–Trinajstić information content (AvgIpc) is 2.96. The highest BCUT2D eigenvalue weighted by molar-refractivity contribution is 7.16. The van der Waals surface area contributed by atoms with Crippen molar-refractivity contribution in [2.75, 3.05) is 26.2 Å². The van der Waals surface area contributed by atoms with Gasteiger partial charge in [-0.1, -0.05) is 23.5 Å². The summed E-state index contributed by atoms with van der Waals surface area (Å²) in [6.07, 6.45) is 6.02. The predicted molar refractivity (Wildman–Crippen MR) is 98.7 cm³/mol. The molecule has 6 heteroatoms. The third kappa shape index (κ3) is 4.45. The number of hydrogen-bond donors (Lipinski definition) is 2. The topological polar surface area (TPSA) is 65.2 Å². The van der Waals surface area contributed by atoms with Crippen LogP contribution in [0.15, 0.2) is 23.0 Å². The number of aromatic nitrogens is 1. The lowest BCUT2D eigenvalue weighted by Crippen LogP contribution is -2.36. The maximum absolute atomic E-state index is 11.7. The molecule has 0 radical (unpaired) electrons. The van der Waals surface area contributed by atoms with Gasteiger partial charge in [0.05, 0.1) is 10.2 Å². The number of aromatic amines is 1. The van der Waals surface area contributed by atoms with E-state index in [2.05, 4.69) is 16.4 Å². The van der Waals surface area contributed by atoms with Crippen molar-refractivity contribution in [1.82, 2.24) is 15.2 Å². The summed E-state index contributed by atoms with van der Waals surface area (Å²) in [5.74, 6) is 0.327. The van der Waals surface area contributed by atoms with Crippen molar-refractivity contribution >= 4 is 27.5 Å². The van der Waals surface area contributed by atoms with Crippen LogP contribution in [-0.2, 0) is 11.2 Å². The molecule has 24 heavy (non-hydrogen) atoms. The summed E-state index contributed by atoms with van der Waals surface area (Å²) in [5, 5.41) is 3.47. The van der Waals surface area contributed by atoms with Crippen molar-refractivity contribution in [2.24, 2.45) is 0 Å². The highest BCUT2D eigenvalue weighted by atomic mass is 32.1. The van der Waals surface area contributed by atoms with E-state index in [0.717, 1.165) is 74.9 Å². The van der Waals surface area contributed by atoms with Crippen LogP contribution in [0.25, 0.3) is 10.2 Å². The van der Waals surface area contributed by atoms with E-state index < -0.39 is 0 Å². The largest absolute Gasteiger partial charge is 0.343 e. The summed E-state index contributed by atoms with van der Waals surface area (Å²) >= 11 is 1.29. The van der Waals surface area contributed by atoms with Crippen LogP contribution in [0.3, 0.4) is 0 Å². The van der Waals surface area contributed by atoms with Gasteiger partial charge in [-0.15, -0.1) is 0 Å². The first-order valence-corrected chi connectivity index (χ1v) is 9.65. The van der Waals surface area contributed by atoms with Crippen LogP contribution in [0.4, 0.5) is 0 Å². The van der Waals surface area contributed by atoms with Gasteiger partial charge in [0.2, 0.25) is 5.91 Å². The Balaban J connectivity index is 1.33. The normalized spacial score (nSPS) is 15.3. The van der Waals surface area contributed by atoms with Gasteiger partial charge < -0.3 is 15.2 Å². The Kier molecular flexibility index (Phi) is 6.04. The van der Waals surface area contributed by atoms with Gasteiger partial charge in [-0.05, 0) is 56.8 Å². The number of piperidine rings is 1. The fraction of sp³-hybridized carbons (Fsp3) is 0.556. The number of thiazole rings is 1. The number of rotatable bonds is 8. The molecule has 1 fully saturated rings.